The van der Waals surface area contributed by atoms with Crippen molar-refractivity contribution in [2.24, 2.45) is 4.99 Å². The van der Waals surface area contributed by atoms with Crippen molar-refractivity contribution >= 4 is 52.6 Å². The Labute approximate surface area is 169 Å². The van der Waals surface area contributed by atoms with Gasteiger partial charge in [-0.15, -0.1) is 46.7 Å². The Morgan fingerprint density at radius 1 is 1.00 bits per heavy atom. The second-order valence-electron chi connectivity index (χ2n) is 5.02. The third-order valence-electron chi connectivity index (χ3n) is 3.25. The molecule has 2 N–H and O–H groups in total. The summed E-state index contributed by atoms with van der Waals surface area (Å²) >= 11 is 3.53. The summed E-state index contributed by atoms with van der Waals surface area (Å²) in [5.74, 6) is 0.841. The first-order valence-electron chi connectivity index (χ1n) is 8.14. The number of hydrogen-bond donors (Lipinski definition) is 2. The SMILES string of the molecule is CCNC(=NCc1ncc(CC)s1)NCCc1ncc(CC)s1.I. The van der Waals surface area contributed by atoms with E-state index in [9.17, 15) is 0 Å². The monoisotopic (exact) mass is 479 g/mol. The van der Waals surface area contributed by atoms with Crippen LogP contribution in [0.2, 0.25) is 0 Å². The van der Waals surface area contributed by atoms with Crippen molar-refractivity contribution in [3.8, 4) is 0 Å². The zero-order chi connectivity index (χ0) is 16.5. The van der Waals surface area contributed by atoms with E-state index in [-0.39, 0.29) is 24.0 Å². The van der Waals surface area contributed by atoms with Gasteiger partial charge in [0, 0.05) is 41.7 Å². The number of thiazole rings is 2. The second-order valence-corrected chi connectivity index (χ2v) is 7.42. The van der Waals surface area contributed by atoms with Crippen LogP contribution in [0, 0.1) is 0 Å². The molecule has 0 spiro atoms. The molecule has 2 heterocycles. The molecule has 134 valence electrons. The second kappa shape index (κ2) is 11.8. The summed E-state index contributed by atoms with van der Waals surface area (Å²) in [4.78, 5) is 16.1. The highest BCUT2D eigenvalue weighted by Crippen LogP contribution is 2.14. The number of rotatable bonds is 8. The fourth-order valence-electron chi connectivity index (χ4n) is 1.99. The van der Waals surface area contributed by atoms with Crippen LogP contribution in [0.5, 0.6) is 0 Å². The molecule has 0 saturated heterocycles. The molecule has 0 saturated carbocycles. The molecule has 0 amide bonds. The number of aliphatic imine (C=N–C) groups is 1. The number of hydrogen-bond acceptors (Lipinski definition) is 5. The number of aryl methyl sites for hydroxylation is 2. The van der Waals surface area contributed by atoms with Crippen molar-refractivity contribution in [2.45, 2.75) is 46.6 Å². The summed E-state index contributed by atoms with van der Waals surface area (Å²) in [6, 6.07) is 0. The molecule has 5 nitrogen and oxygen atoms in total. The van der Waals surface area contributed by atoms with Gasteiger partial charge >= 0.3 is 0 Å². The largest absolute Gasteiger partial charge is 0.357 e. The maximum absolute atomic E-state index is 4.61. The average Bonchev–Trinajstić information content (AvgIpc) is 3.21. The van der Waals surface area contributed by atoms with Crippen molar-refractivity contribution in [1.82, 2.24) is 20.6 Å². The molecule has 0 aliphatic carbocycles. The predicted molar refractivity (Wildman–Crippen MR) is 115 cm³/mol. The third-order valence-corrected chi connectivity index (χ3v) is 5.58. The van der Waals surface area contributed by atoms with Crippen molar-refractivity contribution < 1.29 is 0 Å². The lowest BCUT2D eigenvalue weighted by molar-refractivity contribution is 0.796. The van der Waals surface area contributed by atoms with Crippen LogP contribution in [0.1, 0.15) is 40.5 Å². The van der Waals surface area contributed by atoms with E-state index < -0.39 is 0 Å². The summed E-state index contributed by atoms with van der Waals surface area (Å²) in [5, 5.41) is 8.88. The average molecular weight is 479 g/mol. The van der Waals surface area contributed by atoms with E-state index in [0.29, 0.717) is 6.54 Å². The number of nitrogens with zero attached hydrogens (tertiary/aromatic N) is 3. The number of nitrogens with one attached hydrogen (secondary N) is 2. The minimum atomic E-state index is 0. The van der Waals surface area contributed by atoms with E-state index in [4.69, 9.17) is 0 Å². The smallest absolute Gasteiger partial charge is 0.191 e. The van der Waals surface area contributed by atoms with Gasteiger partial charge in [-0.1, -0.05) is 13.8 Å². The van der Waals surface area contributed by atoms with E-state index in [1.54, 1.807) is 22.7 Å². The molecular formula is C16H26IN5S2. The first-order valence-corrected chi connectivity index (χ1v) is 9.77. The number of halogens is 1. The molecule has 0 aromatic carbocycles. The molecule has 24 heavy (non-hydrogen) atoms. The highest BCUT2D eigenvalue weighted by atomic mass is 127. The predicted octanol–water partition coefficient (Wildman–Crippen LogP) is 3.64. The van der Waals surface area contributed by atoms with Crippen LogP contribution in [0.3, 0.4) is 0 Å². The Bertz CT molecular complexity index is 624. The van der Waals surface area contributed by atoms with Crippen molar-refractivity contribution in [1.29, 1.82) is 0 Å². The van der Waals surface area contributed by atoms with Crippen molar-refractivity contribution in [3.63, 3.8) is 0 Å². The Hall–Kier alpha value is -0.740. The zero-order valence-electron chi connectivity index (χ0n) is 14.5. The molecule has 2 aromatic rings. The first-order chi connectivity index (χ1) is 11.2. The van der Waals surface area contributed by atoms with Gasteiger partial charge in [0.2, 0.25) is 0 Å². The van der Waals surface area contributed by atoms with Crippen LogP contribution in [0.4, 0.5) is 0 Å². The maximum Gasteiger partial charge on any atom is 0.191 e. The van der Waals surface area contributed by atoms with Gasteiger partial charge in [-0.3, -0.25) is 0 Å². The van der Waals surface area contributed by atoms with Gasteiger partial charge in [-0.25, -0.2) is 15.0 Å². The Morgan fingerprint density at radius 3 is 2.21 bits per heavy atom. The topological polar surface area (TPSA) is 62.2 Å². The van der Waals surface area contributed by atoms with Gasteiger partial charge < -0.3 is 10.6 Å². The van der Waals surface area contributed by atoms with Gasteiger partial charge in [0.1, 0.15) is 5.01 Å². The molecule has 8 heteroatoms. The quantitative estimate of drug-likeness (QED) is 0.345. The third kappa shape index (κ3) is 7.02. The van der Waals surface area contributed by atoms with Crippen LogP contribution < -0.4 is 10.6 Å². The number of guanidine groups is 1. The minimum Gasteiger partial charge on any atom is -0.357 e. The molecule has 0 aliphatic rings. The van der Waals surface area contributed by atoms with Gasteiger partial charge in [0.15, 0.2) is 5.96 Å². The fraction of sp³-hybridized carbons (Fsp3) is 0.562. The van der Waals surface area contributed by atoms with Crippen LogP contribution in [-0.2, 0) is 25.8 Å². The van der Waals surface area contributed by atoms with Crippen LogP contribution in [-0.4, -0.2) is 29.0 Å². The van der Waals surface area contributed by atoms with E-state index in [1.807, 2.05) is 12.4 Å². The van der Waals surface area contributed by atoms with E-state index in [1.165, 1.54) is 14.8 Å². The Morgan fingerprint density at radius 2 is 1.62 bits per heavy atom. The normalized spacial score (nSPS) is 11.2. The summed E-state index contributed by atoms with van der Waals surface area (Å²) < 4.78 is 0. The zero-order valence-corrected chi connectivity index (χ0v) is 18.4. The van der Waals surface area contributed by atoms with Gasteiger partial charge in [-0.2, -0.15) is 0 Å². The molecule has 0 aliphatic heterocycles. The van der Waals surface area contributed by atoms with Gasteiger partial charge in [0.05, 0.1) is 11.6 Å². The molecule has 0 unspecified atom stereocenters. The Kier molecular flexibility index (Phi) is 10.4. The Balaban J connectivity index is 0.00000288. The lowest BCUT2D eigenvalue weighted by atomic mass is 10.4. The molecule has 0 radical (unpaired) electrons. The first kappa shape index (κ1) is 21.3. The molecule has 0 atom stereocenters. The summed E-state index contributed by atoms with van der Waals surface area (Å²) in [6.45, 7) is 8.69. The molecule has 2 rings (SSSR count). The maximum atomic E-state index is 4.61. The van der Waals surface area contributed by atoms with Gasteiger partial charge in [-0.05, 0) is 19.8 Å². The van der Waals surface area contributed by atoms with Gasteiger partial charge in [0.25, 0.3) is 0 Å². The number of aromatic nitrogens is 2. The van der Waals surface area contributed by atoms with Crippen molar-refractivity contribution in [3.05, 3.63) is 32.2 Å². The standard InChI is InChI=1S/C16H25N5S2.HI/c1-4-12-9-19-14(22-12)7-8-18-16(17-6-3)21-11-15-20-10-13(5-2)23-15;/h9-10H,4-8,11H2,1-3H3,(H2,17,18,21);1H. The highest BCUT2D eigenvalue weighted by Gasteiger charge is 2.03. The summed E-state index contributed by atoms with van der Waals surface area (Å²) in [6.07, 6.45) is 6.94. The molecular weight excluding hydrogens is 453 g/mol. The minimum absolute atomic E-state index is 0. The molecule has 0 bridgehead atoms. The molecule has 2 aromatic heterocycles. The lowest BCUT2D eigenvalue weighted by Crippen LogP contribution is -2.38. The lowest BCUT2D eigenvalue weighted by Gasteiger charge is -2.10. The highest BCUT2D eigenvalue weighted by molar-refractivity contribution is 14.0. The van der Waals surface area contributed by atoms with Crippen LogP contribution >= 0.6 is 46.7 Å². The fourth-order valence-corrected chi connectivity index (χ4v) is 3.64. The van der Waals surface area contributed by atoms with Crippen LogP contribution in [0.15, 0.2) is 17.4 Å². The van der Waals surface area contributed by atoms with E-state index in [2.05, 4.69) is 46.4 Å². The van der Waals surface area contributed by atoms with E-state index in [0.717, 1.165) is 43.3 Å². The summed E-state index contributed by atoms with van der Waals surface area (Å²) in [5.41, 5.74) is 0. The van der Waals surface area contributed by atoms with E-state index >= 15 is 0 Å². The molecule has 0 fully saturated rings. The van der Waals surface area contributed by atoms with Crippen LogP contribution in [0.25, 0.3) is 0 Å². The summed E-state index contributed by atoms with van der Waals surface area (Å²) in [7, 11) is 0. The van der Waals surface area contributed by atoms with Crippen molar-refractivity contribution in [2.75, 3.05) is 13.1 Å².